The van der Waals surface area contributed by atoms with E-state index in [1.54, 1.807) is 28.4 Å². The number of nitrogens with one attached hydrogen (secondary N) is 1. The third-order valence-electron chi connectivity index (χ3n) is 3.68. The van der Waals surface area contributed by atoms with Crippen molar-refractivity contribution >= 4 is 11.7 Å². The lowest BCUT2D eigenvalue weighted by Gasteiger charge is -2.21. The van der Waals surface area contributed by atoms with Crippen molar-refractivity contribution in [1.82, 2.24) is 19.7 Å². The number of urea groups is 1. The third-order valence-corrected chi connectivity index (χ3v) is 3.68. The summed E-state index contributed by atoms with van der Waals surface area (Å²) in [7, 11) is 0. The SMILES string of the molecule is CCN(Cc1ccoc1)C(=O)Nc1ccccc1Cn1cncn1. The van der Waals surface area contributed by atoms with Gasteiger partial charge in [-0.05, 0) is 24.6 Å². The van der Waals surface area contributed by atoms with Crippen LogP contribution in [-0.2, 0) is 13.1 Å². The standard InChI is InChI=1S/C17H19N5O2/c1-2-21(9-14-7-8-24-11-14)17(23)20-16-6-4-3-5-15(16)10-22-13-18-12-19-22/h3-8,11-13H,2,9-10H2,1H3,(H,20,23). The zero-order chi connectivity index (χ0) is 16.8. The molecule has 124 valence electrons. The van der Waals surface area contributed by atoms with E-state index in [0.29, 0.717) is 19.6 Å². The van der Waals surface area contributed by atoms with Gasteiger partial charge in [0.25, 0.3) is 0 Å². The lowest BCUT2D eigenvalue weighted by atomic mass is 10.2. The number of rotatable bonds is 6. The molecule has 2 heterocycles. The van der Waals surface area contributed by atoms with Crippen LogP contribution in [0.3, 0.4) is 0 Å². The van der Waals surface area contributed by atoms with Crippen molar-refractivity contribution in [2.45, 2.75) is 20.0 Å². The van der Waals surface area contributed by atoms with E-state index in [9.17, 15) is 4.79 Å². The Kier molecular flexibility index (Phi) is 4.90. The van der Waals surface area contributed by atoms with Crippen molar-refractivity contribution in [1.29, 1.82) is 0 Å². The van der Waals surface area contributed by atoms with Crippen LogP contribution < -0.4 is 5.32 Å². The molecule has 0 unspecified atom stereocenters. The summed E-state index contributed by atoms with van der Waals surface area (Å²) in [5, 5.41) is 7.09. The van der Waals surface area contributed by atoms with Gasteiger partial charge in [0.15, 0.2) is 0 Å². The van der Waals surface area contributed by atoms with Gasteiger partial charge in [0, 0.05) is 17.8 Å². The number of carbonyl (C=O) groups excluding carboxylic acids is 1. The smallest absolute Gasteiger partial charge is 0.322 e. The highest BCUT2D eigenvalue weighted by atomic mass is 16.3. The van der Waals surface area contributed by atoms with E-state index < -0.39 is 0 Å². The zero-order valence-electron chi connectivity index (χ0n) is 13.4. The second-order valence-electron chi connectivity index (χ2n) is 5.33. The molecule has 0 fully saturated rings. The van der Waals surface area contributed by atoms with Gasteiger partial charge in [-0.2, -0.15) is 5.10 Å². The molecule has 1 aromatic carbocycles. The van der Waals surface area contributed by atoms with Crippen molar-refractivity contribution in [3.8, 4) is 0 Å². The molecule has 0 bridgehead atoms. The van der Waals surface area contributed by atoms with Crippen molar-refractivity contribution < 1.29 is 9.21 Å². The number of para-hydroxylation sites is 1. The quantitative estimate of drug-likeness (QED) is 0.756. The van der Waals surface area contributed by atoms with E-state index in [-0.39, 0.29) is 6.03 Å². The molecule has 3 rings (SSSR count). The Labute approximate surface area is 139 Å². The van der Waals surface area contributed by atoms with Crippen molar-refractivity contribution in [3.63, 3.8) is 0 Å². The van der Waals surface area contributed by atoms with Gasteiger partial charge in [0.05, 0.1) is 25.6 Å². The largest absolute Gasteiger partial charge is 0.472 e. The highest BCUT2D eigenvalue weighted by Gasteiger charge is 2.14. The van der Waals surface area contributed by atoms with Crippen molar-refractivity contribution in [2.75, 3.05) is 11.9 Å². The number of nitrogens with zero attached hydrogens (tertiary/aromatic N) is 4. The van der Waals surface area contributed by atoms with E-state index in [4.69, 9.17) is 4.42 Å². The third kappa shape index (κ3) is 3.81. The zero-order valence-corrected chi connectivity index (χ0v) is 13.4. The summed E-state index contributed by atoms with van der Waals surface area (Å²) in [6.07, 6.45) is 6.39. The molecule has 0 atom stereocenters. The first-order valence-electron chi connectivity index (χ1n) is 7.73. The molecule has 0 saturated heterocycles. The summed E-state index contributed by atoms with van der Waals surface area (Å²) < 4.78 is 6.78. The van der Waals surface area contributed by atoms with Crippen molar-refractivity contribution in [3.05, 3.63) is 66.6 Å². The summed E-state index contributed by atoms with van der Waals surface area (Å²) in [6.45, 7) is 3.59. The normalized spacial score (nSPS) is 10.5. The Morgan fingerprint density at radius 1 is 1.33 bits per heavy atom. The van der Waals surface area contributed by atoms with E-state index in [2.05, 4.69) is 15.4 Å². The minimum atomic E-state index is -0.148. The van der Waals surface area contributed by atoms with Gasteiger partial charge < -0.3 is 14.6 Å². The van der Waals surface area contributed by atoms with E-state index in [1.807, 2.05) is 37.3 Å². The van der Waals surface area contributed by atoms with Crippen LogP contribution in [0.4, 0.5) is 10.5 Å². The monoisotopic (exact) mass is 325 g/mol. The van der Waals surface area contributed by atoms with Crippen molar-refractivity contribution in [2.24, 2.45) is 0 Å². The number of aromatic nitrogens is 3. The van der Waals surface area contributed by atoms with Gasteiger partial charge >= 0.3 is 6.03 Å². The lowest BCUT2D eigenvalue weighted by Crippen LogP contribution is -2.34. The fourth-order valence-corrected chi connectivity index (χ4v) is 2.39. The van der Waals surface area contributed by atoms with Gasteiger partial charge in [-0.15, -0.1) is 0 Å². The minimum absolute atomic E-state index is 0.148. The summed E-state index contributed by atoms with van der Waals surface area (Å²) in [5.41, 5.74) is 2.70. The van der Waals surface area contributed by atoms with E-state index in [1.165, 1.54) is 6.33 Å². The Morgan fingerprint density at radius 3 is 2.92 bits per heavy atom. The fourth-order valence-electron chi connectivity index (χ4n) is 2.39. The predicted octanol–water partition coefficient (Wildman–Crippen LogP) is 2.97. The summed E-state index contributed by atoms with van der Waals surface area (Å²) in [6, 6.07) is 9.39. The van der Waals surface area contributed by atoms with Crippen LogP contribution in [-0.4, -0.2) is 32.2 Å². The molecule has 2 aromatic heterocycles. The molecule has 24 heavy (non-hydrogen) atoms. The van der Waals surface area contributed by atoms with Crippen LogP contribution in [0.2, 0.25) is 0 Å². The van der Waals surface area contributed by atoms with Crippen LogP contribution in [0, 0.1) is 0 Å². The molecular weight excluding hydrogens is 306 g/mol. The molecule has 1 N–H and O–H groups in total. The second-order valence-corrected chi connectivity index (χ2v) is 5.33. The predicted molar refractivity (Wildman–Crippen MR) is 89.4 cm³/mol. The number of benzene rings is 1. The minimum Gasteiger partial charge on any atom is -0.472 e. The fraction of sp³-hybridized carbons (Fsp3) is 0.235. The van der Waals surface area contributed by atoms with Crippen LogP contribution in [0.15, 0.2) is 59.9 Å². The van der Waals surface area contributed by atoms with Crippen LogP contribution in [0.1, 0.15) is 18.1 Å². The number of amides is 2. The highest BCUT2D eigenvalue weighted by Crippen LogP contribution is 2.17. The maximum atomic E-state index is 12.6. The number of anilines is 1. The molecule has 7 nitrogen and oxygen atoms in total. The summed E-state index contributed by atoms with van der Waals surface area (Å²) >= 11 is 0. The van der Waals surface area contributed by atoms with E-state index >= 15 is 0 Å². The first-order valence-corrected chi connectivity index (χ1v) is 7.73. The number of hydrogen-bond acceptors (Lipinski definition) is 4. The first-order chi connectivity index (χ1) is 11.8. The van der Waals surface area contributed by atoms with E-state index in [0.717, 1.165) is 16.8 Å². The topological polar surface area (TPSA) is 76.2 Å². The molecule has 0 aliphatic rings. The highest BCUT2D eigenvalue weighted by molar-refractivity contribution is 5.90. The Morgan fingerprint density at radius 2 is 2.21 bits per heavy atom. The molecule has 0 saturated carbocycles. The maximum absolute atomic E-state index is 12.6. The first kappa shape index (κ1) is 15.8. The average Bonchev–Trinajstić information content (AvgIpc) is 3.28. The summed E-state index contributed by atoms with van der Waals surface area (Å²) in [4.78, 5) is 18.2. The summed E-state index contributed by atoms with van der Waals surface area (Å²) in [5.74, 6) is 0. The second kappa shape index (κ2) is 7.45. The number of hydrogen-bond donors (Lipinski definition) is 1. The lowest BCUT2D eigenvalue weighted by molar-refractivity contribution is 0.212. The number of carbonyl (C=O) groups is 1. The molecule has 2 amide bonds. The number of furan rings is 1. The molecule has 0 aliphatic carbocycles. The Bertz CT molecular complexity index is 768. The Balaban J connectivity index is 1.71. The van der Waals surface area contributed by atoms with Gasteiger partial charge in [-0.1, -0.05) is 18.2 Å². The molecule has 0 spiro atoms. The van der Waals surface area contributed by atoms with Gasteiger partial charge in [0.1, 0.15) is 12.7 Å². The average molecular weight is 325 g/mol. The van der Waals surface area contributed by atoms with Crippen LogP contribution in [0.25, 0.3) is 0 Å². The molecule has 0 aliphatic heterocycles. The Hall–Kier alpha value is -3.09. The maximum Gasteiger partial charge on any atom is 0.322 e. The van der Waals surface area contributed by atoms with Gasteiger partial charge in [-0.25, -0.2) is 14.5 Å². The molecule has 0 radical (unpaired) electrons. The molecular formula is C17H19N5O2. The molecule has 7 heteroatoms. The van der Waals surface area contributed by atoms with Crippen LogP contribution >= 0.6 is 0 Å². The van der Waals surface area contributed by atoms with Gasteiger partial charge in [0.2, 0.25) is 0 Å². The molecule has 3 aromatic rings. The van der Waals surface area contributed by atoms with Gasteiger partial charge in [-0.3, -0.25) is 0 Å². The van der Waals surface area contributed by atoms with Crippen LogP contribution in [0.5, 0.6) is 0 Å².